The van der Waals surface area contributed by atoms with Gasteiger partial charge in [0.15, 0.2) is 17.3 Å². The smallest absolute Gasteiger partial charge is 0.161 e. The monoisotopic (exact) mass is 354 g/mol. The van der Waals surface area contributed by atoms with Gasteiger partial charge < -0.3 is 9.84 Å². The molecule has 6 nitrogen and oxygen atoms in total. The number of fused-ring (bicyclic) bond motifs is 3. The highest BCUT2D eigenvalue weighted by atomic mass is 32.1. The predicted octanol–water partition coefficient (Wildman–Crippen LogP) is 3.73. The predicted molar refractivity (Wildman–Crippen MR) is 99.9 cm³/mol. The molecule has 1 aliphatic rings. The maximum absolute atomic E-state index is 9.75. The van der Waals surface area contributed by atoms with Gasteiger partial charge in [0.05, 0.1) is 18.2 Å². The molecule has 0 fully saturated rings. The number of ether oxygens (including phenoxy) is 1. The van der Waals surface area contributed by atoms with E-state index >= 15 is 0 Å². The van der Waals surface area contributed by atoms with E-state index in [-0.39, 0.29) is 5.75 Å². The summed E-state index contributed by atoms with van der Waals surface area (Å²) in [4.78, 5) is 11.2. The van der Waals surface area contributed by atoms with Crippen LogP contribution >= 0.6 is 11.3 Å². The number of phenols is 1. The number of aryl methyl sites for hydroxylation is 2. The van der Waals surface area contributed by atoms with Crippen molar-refractivity contribution < 1.29 is 9.84 Å². The number of hydrogen-bond acceptors (Lipinski definition) is 7. The lowest BCUT2D eigenvalue weighted by atomic mass is 10.2. The number of aromatic nitrogens is 2. The molecule has 2 aromatic heterocycles. The summed E-state index contributed by atoms with van der Waals surface area (Å²) in [7, 11) is 0. The van der Waals surface area contributed by atoms with E-state index in [1.807, 2.05) is 6.92 Å². The van der Waals surface area contributed by atoms with Gasteiger partial charge in [-0.05, 0) is 55.5 Å². The molecule has 128 valence electrons. The molecule has 25 heavy (non-hydrogen) atoms. The third kappa shape index (κ3) is 3.02. The van der Waals surface area contributed by atoms with Gasteiger partial charge in [-0.15, -0.1) is 11.3 Å². The number of hydrogen-bond donors (Lipinski definition) is 2. The van der Waals surface area contributed by atoms with Crippen molar-refractivity contribution in [3.05, 3.63) is 40.5 Å². The molecule has 0 saturated carbocycles. The Morgan fingerprint density at radius 1 is 1.36 bits per heavy atom. The molecule has 0 atom stereocenters. The maximum Gasteiger partial charge on any atom is 0.161 e. The number of aromatic hydroxyl groups is 1. The molecule has 3 aromatic rings. The van der Waals surface area contributed by atoms with Gasteiger partial charge in [0, 0.05) is 4.88 Å². The fourth-order valence-corrected chi connectivity index (χ4v) is 4.29. The molecular weight excluding hydrogens is 336 g/mol. The van der Waals surface area contributed by atoms with Crippen LogP contribution in [0.2, 0.25) is 0 Å². The highest BCUT2D eigenvalue weighted by Gasteiger charge is 2.20. The minimum Gasteiger partial charge on any atom is -0.504 e. The van der Waals surface area contributed by atoms with Gasteiger partial charge in [-0.2, -0.15) is 5.10 Å². The van der Waals surface area contributed by atoms with Crippen LogP contribution in [0.4, 0.5) is 5.82 Å². The molecule has 2 heterocycles. The van der Waals surface area contributed by atoms with Crippen LogP contribution in [0.1, 0.15) is 29.3 Å². The summed E-state index contributed by atoms with van der Waals surface area (Å²) in [6, 6.07) is 5.13. The lowest BCUT2D eigenvalue weighted by molar-refractivity contribution is 0.318. The van der Waals surface area contributed by atoms with E-state index < -0.39 is 0 Å². The Kier molecular flexibility index (Phi) is 4.23. The van der Waals surface area contributed by atoms with Crippen molar-refractivity contribution in [2.24, 2.45) is 5.10 Å². The van der Waals surface area contributed by atoms with E-state index in [2.05, 4.69) is 20.5 Å². The number of anilines is 1. The summed E-state index contributed by atoms with van der Waals surface area (Å²) in [5.74, 6) is 1.31. The summed E-state index contributed by atoms with van der Waals surface area (Å²) >= 11 is 1.75. The van der Waals surface area contributed by atoms with Gasteiger partial charge >= 0.3 is 0 Å². The number of benzene rings is 1. The lowest BCUT2D eigenvalue weighted by Crippen LogP contribution is -1.97. The number of thiophene rings is 1. The molecule has 1 aromatic carbocycles. The molecule has 0 aliphatic heterocycles. The number of hydrazone groups is 1. The van der Waals surface area contributed by atoms with Gasteiger partial charge in [-0.1, -0.05) is 0 Å². The summed E-state index contributed by atoms with van der Waals surface area (Å²) in [5.41, 5.74) is 5.23. The minimum absolute atomic E-state index is 0.123. The number of phenolic OH excluding ortho intramolecular Hbond substituents is 1. The highest BCUT2D eigenvalue weighted by Crippen LogP contribution is 2.39. The zero-order valence-electron chi connectivity index (χ0n) is 13.8. The SMILES string of the molecule is CCOc1cc(C=NNc2ncnc3sc4c(c23)CCC4)ccc1O. The molecule has 0 amide bonds. The standard InChI is InChI=1S/C18H18N4O2S/c1-2-24-14-8-11(6-7-13(14)23)9-21-22-17-16-12-4-3-5-15(12)25-18(16)20-10-19-17/h6-10,23H,2-5H2,1H3,(H,19,20,22). The van der Waals surface area contributed by atoms with Gasteiger partial charge in [0.1, 0.15) is 11.2 Å². The van der Waals surface area contributed by atoms with Gasteiger partial charge in [-0.25, -0.2) is 9.97 Å². The van der Waals surface area contributed by atoms with E-state index in [1.165, 1.54) is 16.9 Å². The first kappa shape index (κ1) is 15.8. The van der Waals surface area contributed by atoms with Crippen LogP contribution in [0, 0.1) is 0 Å². The van der Waals surface area contributed by atoms with Crippen LogP contribution in [0.3, 0.4) is 0 Å². The first-order valence-corrected chi connectivity index (χ1v) is 9.08. The van der Waals surface area contributed by atoms with Crippen LogP contribution in [-0.2, 0) is 12.8 Å². The molecule has 1 aliphatic carbocycles. The van der Waals surface area contributed by atoms with Crippen LogP contribution in [-0.4, -0.2) is 27.9 Å². The Hall–Kier alpha value is -2.67. The Labute approximate surface area is 149 Å². The fraction of sp³-hybridized carbons (Fsp3) is 0.278. The molecule has 0 saturated heterocycles. The van der Waals surface area contributed by atoms with Gasteiger partial charge in [-0.3, -0.25) is 5.43 Å². The van der Waals surface area contributed by atoms with E-state index in [9.17, 15) is 5.11 Å². The highest BCUT2D eigenvalue weighted by molar-refractivity contribution is 7.19. The molecule has 0 radical (unpaired) electrons. The Morgan fingerprint density at radius 3 is 3.16 bits per heavy atom. The maximum atomic E-state index is 9.75. The molecule has 2 N–H and O–H groups in total. The van der Waals surface area contributed by atoms with Gasteiger partial charge in [0.2, 0.25) is 0 Å². The Balaban J connectivity index is 1.58. The number of rotatable bonds is 5. The summed E-state index contributed by atoms with van der Waals surface area (Å²) in [5, 5.41) is 15.1. The average Bonchev–Trinajstić information content (AvgIpc) is 3.19. The second kappa shape index (κ2) is 6.68. The Bertz CT molecular complexity index is 952. The van der Waals surface area contributed by atoms with E-state index in [4.69, 9.17) is 4.74 Å². The fourth-order valence-electron chi connectivity index (χ4n) is 3.06. The number of nitrogens with one attached hydrogen (secondary N) is 1. The second-order valence-electron chi connectivity index (χ2n) is 5.79. The van der Waals surface area contributed by atoms with Crippen molar-refractivity contribution >= 4 is 33.6 Å². The van der Waals surface area contributed by atoms with E-state index in [0.717, 1.165) is 34.4 Å². The quantitative estimate of drug-likeness (QED) is 0.539. The largest absolute Gasteiger partial charge is 0.504 e. The summed E-state index contributed by atoms with van der Waals surface area (Å²) < 4.78 is 5.39. The second-order valence-corrected chi connectivity index (χ2v) is 6.87. The first-order chi connectivity index (χ1) is 12.3. The molecule has 0 bridgehead atoms. The number of nitrogens with zero attached hydrogens (tertiary/aromatic N) is 3. The molecule has 4 rings (SSSR count). The van der Waals surface area contributed by atoms with Crippen molar-refractivity contribution in [2.45, 2.75) is 26.2 Å². The topological polar surface area (TPSA) is 79.6 Å². The van der Waals surface area contributed by atoms with Crippen molar-refractivity contribution in [1.82, 2.24) is 9.97 Å². The van der Waals surface area contributed by atoms with E-state index in [0.29, 0.717) is 12.4 Å². The third-order valence-electron chi connectivity index (χ3n) is 4.17. The Morgan fingerprint density at radius 2 is 2.28 bits per heavy atom. The zero-order valence-corrected chi connectivity index (χ0v) is 14.6. The van der Waals surface area contributed by atoms with Crippen molar-refractivity contribution in [3.63, 3.8) is 0 Å². The molecule has 0 spiro atoms. The summed E-state index contributed by atoms with van der Waals surface area (Å²) in [6.45, 7) is 2.37. The van der Waals surface area contributed by atoms with Crippen molar-refractivity contribution in [1.29, 1.82) is 0 Å². The molecule has 7 heteroatoms. The minimum atomic E-state index is 0.123. The average molecular weight is 354 g/mol. The van der Waals surface area contributed by atoms with Crippen molar-refractivity contribution in [2.75, 3.05) is 12.0 Å². The van der Waals surface area contributed by atoms with Crippen LogP contribution < -0.4 is 10.2 Å². The molecule has 0 unspecified atom stereocenters. The first-order valence-electron chi connectivity index (χ1n) is 8.26. The molecular formula is C18H18N4O2S. The van der Waals surface area contributed by atoms with Crippen LogP contribution in [0.15, 0.2) is 29.6 Å². The lowest BCUT2D eigenvalue weighted by Gasteiger charge is -2.06. The van der Waals surface area contributed by atoms with E-state index in [1.54, 1.807) is 42.1 Å². The van der Waals surface area contributed by atoms with Gasteiger partial charge in [0.25, 0.3) is 0 Å². The van der Waals surface area contributed by atoms with Crippen LogP contribution in [0.5, 0.6) is 11.5 Å². The normalized spacial score (nSPS) is 13.5. The van der Waals surface area contributed by atoms with Crippen molar-refractivity contribution in [3.8, 4) is 11.5 Å². The third-order valence-corrected chi connectivity index (χ3v) is 5.37. The van der Waals surface area contributed by atoms with Crippen LogP contribution in [0.25, 0.3) is 10.2 Å². The summed E-state index contributed by atoms with van der Waals surface area (Å²) in [6.07, 6.45) is 6.66. The zero-order chi connectivity index (χ0) is 17.2.